The number of carbonyl (C=O) groups excluding carboxylic acids is 1. The molecule has 0 heterocycles. The lowest BCUT2D eigenvalue weighted by molar-refractivity contribution is -0.116. The smallest absolute Gasteiger partial charge is 0.225 e. The van der Waals surface area contributed by atoms with Crippen LogP contribution in [-0.2, 0) is 4.79 Å². The van der Waals surface area contributed by atoms with Crippen molar-refractivity contribution in [1.82, 2.24) is 5.32 Å². The molecule has 0 aliphatic carbocycles. The van der Waals surface area contributed by atoms with Gasteiger partial charge in [0.15, 0.2) is 0 Å². The normalized spacial score (nSPS) is 10.6. The van der Waals surface area contributed by atoms with Gasteiger partial charge in [0, 0.05) is 24.7 Å². The summed E-state index contributed by atoms with van der Waals surface area (Å²) in [5.74, 6) is -0.0449. The minimum absolute atomic E-state index is 0.0449. The summed E-state index contributed by atoms with van der Waals surface area (Å²) in [6.07, 6.45) is 0.429. The Morgan fingerprint density at radius 2 is 2.00 bits per heavy atom. The van der Waals surface area contributed by atoms with Crippen LogP contribution in [0, 0.1) is 0 Å². The van der Waals surface area contributed by atoms with E-state index in [2.05, 4.69) is 10.6 Å². The van der Waals surface area contributed by atoms with Crippen LogP contribution in [0.4, 0.5) is 5.69 Å². The first kappa shape index (κ1) is 14.3. The quantitative estimate of drug-likeness (QED) is 0.865. The molecule has 0 fully saturated rings. The number of amides is 1. The zero-order valence-corrected chi connectivity index (χ0v) is 11.4. The van der Waals surface area contributed by atoms with Gasteiger partial charge in [-0.1, -0.05) is 37.0 Å². The maximum atomic E-state index is 11.6. The third-order valence-corrected chi connectivity index (χ3v) is 2.85. The standard InChI is InChI=1S/C12H16Cl2N2O/c1-8(2)15-6-5-12(17)16-9-3-4-10(13)11(14)7-9/h3-4,7-8,15H,5-6H2,1-2H3,(H,16,17). The Morgan fingerprint density at radius 3 is 2.59 bits per heavy atom. The molecule has 0 saturated heterocycles. The highest BCUT2D eigenvalue weighted by molar-refractivity contribution is 6.42. The molecule has 94 valence electrons. The molecule has 17 heavy (non-hydrogen) atoms. The van der Waals surface area contributed by atoms with Gasteiger partial charge in [0.2, 0.25) is 5.91 Å². The van der Waals surface area contributed by atoms with Crippen LogP contribution in [0.15, 0.2) is 18.2 Å². The van der Waals surface area contributed by atoms with Gasteiger partial charge in [-0.2, -0.15) is 0 Å². The van der Waals surface area contributed by atoms with Gasteiger partial charge in [0.05, 0.1) is 10.0 Å². The Bertz CT molecular complexity index is 394. The lowest BCUT2D eigenvalue weighted by atomic mass is 10.3. The molecular weight excluding hydrogens is 259 g/mol. The summed E-state index contributed by atoms with van der Waals surface area (Å²) in [4.78, 5) is 11.6. The fourth-order valence-corrected chi connectivity index (χ4v) is 1.57. The van der Waals surface area contributed by atoms with Crippen LogP contribution in [0.3, 0.4) is 0 Å². The summed E-state index contributed by atoms with van der Waals surface area (Å²) >= 11 is 11.6. The minimum atomic E-state index is -0.0449. The monoisotopic (exact) mass is 274 g/mol. The van der Waals surface area contributed by atoms with Gasteiger partial charge in [-0.25, -0.2) is 0 Å². The molecule has 1 aromatic rings. The number of nitrogens with one attached hydrogen (secondary N) is 2. The first-order valence-corrected chi connectivity index (χ1v) is 6.23. The highest BCUT2D eigenvalue weighted by Crippen LogP contribution is 2.24. The lowest BCUT2D eigenvalue weighted by Gasteiger charge is -2.09. The Kier molecular flexibility index (Phi) is 5.75. The van der Waals surface area contributed by atoms with Gasteiger partial charge >= 0.3 is 0 Å². The van der Waals surface area contributed by atoms with Gasteiger partial charge in [0.25, 0.3) is 0 Å². The molecule has 0 atom stereocenters. The molecule has 2 N–H and O–H groups in total. The molecule has 0 spiro atoms. The summed E-state index contributed by atoms with van der Waals surface area (Å²) in [6.45, 7) is 4.73. The fraction of sp³-hybridized carbons (Fsp3) is 0.417. The third kappa shape index (κ3) is 5.39. The summed E-state index contributed by atoms with van der Waals surface area (Å²) in [6, 6.07) is 5.40. The van der Waals surface area contributed by atoms with Gasteiger partial charge < -0.3 is 10.6 Å². The highest BCUT2D eigenvalue weighted by Gasteiger charge is 2.04. The number of rotatable bonds is 5. The fourth-order valence-electron chi connectivity index (χ4n) is 1.27. The van der Waals surface area contributed by atoms with Crippen LogP contribution in [0.25, 0.3) is 0 Å². The Labute approximate surface area is 111 Å². The average molecular weight is 275 g/mol. The van der Waals surface area contributed by atoms with E-state index in [0.29, 0.717) is 34.7 Å². The predicted molar refractivity (Wildman–Crippen MR) is 72.8 cm³/mol. The number of halogens is 2. The molecule has 1 aromatic carbocycles. The van der Waals surface area contributed by atoms with E-state index in [-0.39, 0.29) is 5.91 Å². The SMILES string of the molecule is CC(C)NCCC(=O)Nc1ccc(Cl)c(Cl)c1. The molecule has 0 bridgehead atoms. The van der Waals surface area contributed by atoms with Gasteiger partial charge in [-0.05, 0) is 18.2 Å². The molecular formula is C12H16Cl2N2O. The molecule has 0 radical (unpaired) electrons. The van der Waals surface area contributed by atoms with Crippen molar-refractivity contribution in [2.45, 2.75) is 26.3 Å². The van der Waals surface area contributed by atoms with Crippen molar-refractivity contribution in [3.8, 4) is 0 Å². The van der Waals surface area contributed by atoms with Crippen LogP contribution >= 0.6 is 23.2 Å². The van der Waals surface area contributed by atoms with Crippen LogP contribution in [0.2, 0.25) is 10.0 Å². The summed E-state index contributed by atoms with van der Waals surface area (Å²) < 4.78 is 0. The number of anilines is 1. The second kappa shape index (κ2) is 6.84. The van der Waals surface area contributed by atoms with E-state index in [1.165, 1.54) is 0 Å². The van der Waals surface area contributed by atoms with Crippen LogP contribution in [0.5, 0.6) is 0 Å². The largest absolute Gasteiger partial charge is 0.326 e. The molecule has 0 aromatic heterocycles. The highest BCUT2D eigenvalue weighted by atomic mass is 35.5. The van der Waals surface area contributed by atoms with E-state index in [0.717, 1.165) is 0 Å². The zero-order valence-electron chi connectivity index (χ0n) is 9.89. The Hall–Kier alpha value is -0.770. The van der Waals surface area contributed by atoms with Crippen LogP contribution < -0.4 is 10.6 Å². The van der Waals surface area contributed by atoms with Gasteiger partial charge in [0.1, 0.15) is 0 Å². The summed E-state index contributed by atoms with van der Waals surface area (Å²) in [7, 11) is 0. The van der Waals surface area contributed by atoms with Gasteiger partial charge in [-0.15, -0.1) is 0 Å². The van der Waals surface area contributed by atoms with Crippen molar-refractivity contribution in [2.24, 2.45) is 0 Å². The Morgan fingerprint density at radius 1 is 1.29 bits per heavy atom. The number of hydrogen-bond acceptors (Lipinski definition) is 2. The number of hydrogen-bond donors (Lipinski definition) is 2. The second-order valence-electron chi connectivity index (χ2n) is 4.04. The van der Waals surface area contributed by atoms with E-state index >= 15 is 0 Å². The van der Waals surface area contributed by atoms with Crippen molar-refractivity contribution < 1.29 is 4.79 Å². The van der Waals surface area contributed by atoms with Crippen molar-refractivity contribution in [1.29, 1.82) is 0 Å². The summed E-state index contributed by atoms with van der Waals surface area (Å²) in [5, 5.41) is 6.85. The molecule has 1 amide bonds. The molecule has 1 rings (SSSR count). The molecule has 0 unspecified atom stereocenters. The van der Waals surface area contributed by atoms with E-state index in [1.54, 1.807) is 18.2 Å². The molecule has 0 saturated carbocycles. The van der Waals surface area contributed by atoms with E-state index in [4.69, 9.17) is 23.2 Å². The topological polar surface area (TPSA) is 41.1 Å². The molecule has 0 aliphatic heterocycles. The second-order valence-corrected chi connectivity index (χ2v) is 4.85. The van der Waals surface area contributed by atoms with Crippen molar-refractivity contribution >= 4 is 34.8 Å². The maximum Gasteiger partial charge on any atom is 0.225 e. The van der Waals surface area contributed by atoms with Crippen molar-refractivity contribution in [3.05, 3.63) is 28.2 Å². The minimum Gasteiger partial charge on any atom is -0.326 e. The van der Waals surface area contributed by atoms with Crippen molar-refractivity contribution in [2.75, 3.05) is 11.9 Å². The van der Waals surface area contributed by atoms with Crippen LogP contribution in [-0.4, -0.2) is 18.5 Å². The van der Waals surface area contributed by atoms with Crippen molar-refractivity contribution in [3.63, 3.8) is 0 Å². The van der Waals surface area contributed by atoms with E-state index < -0.39 is 0 Å². The van der Waals surface area contributed by atoms with Gasteiger partial charge in [-0.3, -0.25) is 4.79 Å². The Balaban J connectivity index is 2.42. The molecule has 5 heteroatoms. The van der Waals surface area contributed by atoms with E-state index in [9.17, 15) is 4.79 Å². The predicted octanol–water partition coefficient (Wildman–Crippen LogP) is 3.32. The summed E-state index contributed by atoms with van der Waals surface area (Å²) in [5.41, 5.74) is 0.661. The maximum absolute atomic E-state index is 11.6. The third-order valence-electron chi connectivity index (χ3n) is 2.11. The molecule has 3 nitrogen and oxygen atoms in total. The zero-order chi connectivity index (χ0) is 12.8. The average Bonchev–Trinajstić information content (AvgIpc) is 2.23. The first-order chi connectivity index (χ1) is 7.99. The number of benzene rings is 1. The first-order valence-electron chi connectivity index (χ1n) is 5.47. The van der Waals surface area contributed by atoms with E-state index in [1.807, 2.05) is 13.8 Å². The lowest BCUT2D eigenvalue weighted by Crippen LogP contribution is -2.27. The number of carbonyl (C=O) groups is 1. The van der Waals surface area contributed by atoms with Crippen LogP contribution in [0.1, 0.15) is 20.3 Å². The molecule has 0 aliphatic rings.